The third-order valence-electron chi connectivity index (χ3n) is 1.33. The summed E-state index contributed by atoms with van der Waals surface area (Å²) in [4.78, 5) is 1.95. The Balaban J connectivity index is -0.000000266. The van der Waals surface area contributed by atoms with Crippen LogP contribution in [-0.2, 0) is 0 Å². The molecule has 0 fully saturated rings. The summed E-state index contributed by atoms with van der Waals surface area (Å²) in [5.74, 6) is 0. The fraction of sp³-hybridized carbons (Fsp3) is 0.900. The lowest BCUT2D eigenvalue weighted by Crippen LogP contribution is -2.39. The van der Waals surface area contributed by atoms with Gasteiger partial charge in [0.25, 0.3) is 0 Å². The molecule has 0 rings (SSSR count). The molecule has 4 heteroatoms. The van der Waals surface area contributed by atoms with Gasteiger partial charge in [0.2, 0.25) is 0 Å². The van der Waals surface area contributed by atoms with E-state index < -0.39 is 0 Å². The van der Waals surface area contributed by atoms with Gasteiger partial charge in [-0.2, -0.15) is 0 Å². The molecule has 0 aliphatic rings. The van der Waals surface area contributed by atoms with Crippen molar-refractivity contribution in [2.45, 2.75) is 34.6 Å². The van der Waals surface area contributed by atoms with E-state index >= 15 is 0 Å². The molecule has 0 saturated carbocycles. The van der Waals surface area contributed by atoms with Crippen LogP contribution in [0.4, 0.5) is 0 Å². The quantitative estimate of drug-likeness (QED) is 0.711. The van der Waals surface area contributed by atoms with Crippen LogP contribution < -0.4 is 11.1 Å². The summed E-state index contributed by atoms with van der Waals surface area (Å²) >= 11 is 4.81. The van der Waals surface area contributed by atoms with Crippen molar-refractivity contribution in [3.63, 3.8) is 0 Å². The predicted molar refractivity (Wildman–Crippen MR) is 70.7 cm³/mol. The summed E-state index contributed by atoms with van der Waals surface area (Å²) < 4.78 is 0. The highest BCUT2D eigenvalue weighted by Crippen LogP contribution is 1.84. The maximum Gasteiger partial charge on any atom is 0.166 e. The van der Waals surface area contributed by atoms with Crippen molar-refractivity contribution < 1.29 is 0 Å². The van der Waals surface area contributed by atoms with Crippen molar-refractivity contribution in [2.75, 3.05) is 26.7 Å². The van der Waals surface area contributed by atoms with Crippen LogP contribution in [0.3, 0.4) is 0 Å². The van der Waals surface area contributed by atoms with Crippen LogP contribution in [0.5, 0.6) is 0 Å². The molecule has 0 aromatic heterocycles. The zero-order valence-electron chi connectivity index (χ0n) is 10.6. The van der Waals surface area contributed by atoms with Crippen molar-refractivity contribution in [1.29, 1.82) is 0 Å². The standard InChI is InChI=1S/C6H15N3S.2C2H6/c1-3-9(6(7)10)5-4-8-2;2*1-2/h8H,3-5H2,1-2H3,(H2,7,10);2*1-2H3. The van der Waals surface area contributed by atoms with Gasteiger partial charge in [0.1, 0.15) is 0 Å². The lowest BCUT2D eigenvalue weighted by atomic mass is 10.5. The maximum atomic E-state index is 5.42. The van der Waals surface area contributed by atoms with E-state index in [-0.39, 0.29) is 0 Å². The number of nitrogens with zero attached hydrogens (tertiary/aromatic N) is 1. The third-order valence-corrected chi connectivity index (χ3v) is 1.58. The molecular weight excluding hydrogens is 194 g/mol. The summed E-state index contributed by atoms with van der Waals surface area (Å²) in [7, 11) is 1.91. The summed E-state index contributed by atoms with van der Waals surface area (Å²) in [5, 5.41) is 3.51. The summed E-state index contributed by atoms with van der Waals surface area (Å²) in [6.45, 7) is 12.7. The molecule has 0 aromatic rings. The van der Waals surface area contributed by atoms with E-state index in [2.05, 4.69) is 5.32 Å². The number of likely N-dealkylation sites (N-methyl/N-ethyl adjacent to an activating group) is 2. The fourth-order valence-electron chi connectivity index (χ4n) is 0.671. The minimum atomic E-state index is 0.484. The predicted octanol–water partition coefficient (Wildman–Crippen LogP) is 1.82. The minimum absolute atomic E-state index is 0.484. The van der Waals surface area contributed by atoms with Crippen LogP contribution in [0.15, 0.2) is 0 Å². The molecular formula is C10H27N3S. The van der Waals surface area contributed by atoms with Crippen molar-refractivity contribution in [3.05, 3.63) is 0 Å². The molecule has 0 aliphatic heterocycles. The van der Waals surface area contributed by atoms with E-state index in [1.54, 1.807) is 0 Å². The van der Waals surface area contributed by atoms with Gasteiger partial charge in [0.15, 0.2) is 5.11 Å². The molecule has 0 amide bonds. The first kappa shape index (κ1) is 19.3. The molecule has 0 unspecified atom stereocenters. The molecule has 0 atom stereocenters. The molecule has 0 saturated heterocycles. The van der Waals surface area contributed by atoms with Gasteiger partial charge >= 0.3 is 0 Å². The fourth-order valence-corrected chi connectivity index (χ4v) is 0.891. The molecule has 0 aromatic carbocycles. The number of thiocarbonyl (C=S) groups is 1. The first-order valence-corrected chi connectivity index (χ1v) is 5.82. The van der Waals surface area contributed by atoms with Crippen molar-refractivity contribution in [3.8, 4) is 0 Å². The Bertz CT molecular complexity index is 108. The van der Waals surface area contributed by atoms with Crippen LogP contribution in [-0.4, -0.2) is 36.7 Å². The Morgan fingerprint density at radius 3 is 1.93 bits per heavy atom. The van der Waals surface area contributed by atoms with Gasteiger partial charge < -0.3 is 16.0 Å². The Hall–Kier alpha value is -0.350. The highest BCUT2D eigenvalue weighted by Gasteiger charge is 1.99. The van der Waals surface area contributed by atoms with E-state index in [0.29, 0.717) is 5.11 Å². The number of rotatable bonds is 4. The summed E-state index contributed by atoms with van der Waals surface area (Å²) in [6, 6.07) is 0. The van der Waals surface area contributed by atoms with Crippen LogP contribution in [0.1, 0.15) is 34.6 Å². The molecule has 88 valence electrons. The first-order valence-electron chi connectivity index (χ1n) is 5.41. The second-order valence-electron chi connectivity index (χ2n) is 2.02. The molecule has 0 heterocycles. The second kappa shape index (κ2) is 18.4. The first-order chi connectivity index (χ1) is 6.72. The monoisotopic (exact) mass is 221 g/mol. The molecule has 0 aliphatic carbocycles. The zero-order chi connectivity index (χ0) is 12.0. The van der Waals surface area contributed by atoms with Gasteiger partial charge in [0.05, 0.1) is 0 Å². The van der Waals surface area contributed by atoms with Crippen LogP contribution >= 0.6 is 12.2 Å². The van der Waals surface area contributed by atoms with Crippen LogP contribution in [0.25, 0.3) is 0 Å². The summed E-state index contributed by atoms with van der Waals surface area (Å²) in [5.41, 5.74) is 5.42. The van der Waals surface area contributed by atoms with E-state index in [4.69, 9.17) is 18.0 Å². The molecule has 0 spiro atoms. The maximum absolute atomic E-state index is 5.42. The number of hydrogen-bond donors (Lipinski definition) is 2. The Morgan fingerprint density at radius 2 is 1.71 bits per heavy atom. The van der Waals surface area contributed by atoms with Crippen LogP contribution in [0.2, 0.25) is 0 Å². The second-order valence-corrected chi connectivity index (χ2v) is 2.44. The Labute approximate surface area is 95.0 Å². The van der Waals surface area contributed by atoms with Crippen molar-refractivity contribution >= 4 is 17.3 Å². The topological polar surface area (TPSA) is 41.3 Å². The zero-order valence-corrected chi connectivity index (χ0v) is 11.4. The van der Waals surface area contributed by atoms with Crippen molar-refractivity contribution in [2.24, 2.45) is 5.73 Å². The normalized spacial score (nSPS) is 7.57. The average molecular weight is 221 g/mol. The molecule has 3 nitrogen and oxygen atoms in total. The lowest BCUT2D eigenvalue weighted by molar-refractivity contribution is 0.440. The van der Waals surface area contributed by atoms with Gasteiger partial charge in [-0.25, -0.2) is 0 Å². The smallest absolute Gasteiger partial charge is 0.166 e. The lowest BCUT2D eigenvalue weighted by Gasteiger charge is -2.19. The largest absolute Gasteiger partial charge is 0.376 e. The van der Waals surface area contributed by atoms with Gasteiger partial charge in [-0.1, -0.05) is 27.7 Å². The molecule has 0 radical (unpaired) electrons. The molecule has 14 heavy (non-hydrogen) atoms. The molecule has 3 N–H and O–H groups in total. The average Bonchev–Trinajstić information content (AvgIpc) is 2.24. The van der Waals surface area contributed by atoms with E-state index in [1.807, 2.05) is 46.6 Å². The van der Waals surface area contributed by atoms with E-state index in [9.17, 15) is 0 Å². The highest BCUT2D eigenvalue weighted by atomic mass is 32.1. The van der Waals surface area contributed by atoms with Gasteiger partial charge in [-0.3, -0.25) is 0 Å². The van der Waals surface area contributed by atoms with E-state index in [1.165, 1.54) is 0 Å². The minimum Gasteiger partial charge on any atom is -0.376 e. The van der Waals surface area contributed by atoms with E-state index in [0.717, 1.165) is 19.6 Å². The Morgan fingerprint density at radius 1 is 1.29 bits per heavy atom. The number of nitrogens with two attached hydrogens (primary N) is 1. The highest BCUT2D eigenvalue weighted by molar-refractivity contribution is 7.80. The summed E-state index contributed by atoms with van der Waals surface area (Å²) in [6.07, 6.45) is 0. The molecule has 0 bridgehead atoms. The van der Waals surface area contributed by atoms with Gasteiger partial charge in [-0.05, 0) is 26.2 Å². The van der Waals surface area contributed by atoms with Gasteiger partial charge in [-0.15, -0.1) is 0 Å². The Kier molecular flexibility index (Phi) is 25.4. The third kappa shape index (κ3) is 14.2. The SMILES string of the molecule is CC.CC.CCN(CCNC)C(N)=S. The number of nitrogens with one attached hydrogen (secondary N) is 1. The number of hydrogen-bond acceptors (Lipinski definition) is 2. The van der Waals surface area contributed by atoms with Gasteiger partial charge in [0, 0.05) is 19.6 Å². The van der Waals surface area contributed by atoms with Crippen LogP contribution in [0, 0.1) is 0 Å². The van der Waals surface area contributed by atoms with Crippen molar-refractivity contribution in [1.82, 2.24) is 10.2 Å².